The summed E-state index contributed by atoms with van der Waals surface area (Å²) in [5.41, 5.74) is 5.13. The summed E-state index contributed by atoms with van der Waals surface area (Å²) < 4.78 is 10.6. The SMILES string of the molecule is COCC(C)(C)NC(=O)[C@@H]1CC[C@H](CN)O1. The normalized spacial score (nSPS) is 25.8. The van der Waals surface area contributed by atoms with Gasteiger partial charge in [0, 0.05) is 13.7 Å². The Morgan fingerprint density at radius 3 is 2.75 bits per heavy atom. The molecular formula is C11H22N2O3. The average Bonchev–Trinajstić information content (AvgIpc) is 2.64. The minimum Gasteiger partial charge on any atom is -0.382 e. The Labute approximate surface area is 96.7 Å². The van der Waals surface area contributed by atoms with E-state index in [1.54, 1.807) is 7.11 Å². The van der Waals surface area contributed by atoms with E-state index in [0.29, 0.717) is 13.2 Å². The highest BCUT2D eigenvalue weighted by molar-refractivity contribution is 5.81. The zero-order valence-corrected chi connectivity index (χ0v) is 10.3. The van der Waals surface area contributed by atoms with Gasteiger partial charge in [-0.2, -0.15) is 0 Å². The molecule has 5 heteroatoms. The number of amides is 1. The summed E-state index contributed by atoms with van der Waals surface area (Å²) in [6.45, 7) is 4.80. The quantitative estimate of drug-likeness (QED) is 0.699. The van der Waals surface area contributed by atoms with Crippen LogP contribution >= 0.6 is 0 Å². The molecule has 0 spiro atoms. The van der Waals surface area contributed by atoms with Crippen LogP contribution in [0.2, 0.25) is 0 Å². The Hall–Kier alpha value is -0.650. The van der Waals surface area contributed by atoms with Crippen LogP contribution in [0, 0.1) is 0 Å². The molecule has 0 bridgehead atoms. The molecule has 0 aromatic rings. The van der Waals surface area contributed by atoms with E-state index in [4.69, 9.17) is 15.2 Å². The second-order valence-electron chi connectivity index (χ2n) is 4.87. The molecule has 3 N–H and O–H groups in total. The van der Waals surface area contributed by atoms with Gasteiger partial charge in [-0.3, -0.25) is 4.79 Å². The Bertz CT molecular complexity index is 243. The zero-order valence-electron chi connectivity index (χ0n) is 10.3. The van der Waals surface area contributed by atoms with E-state index in [1.165, 1.54) is 0 Å². The van der Waals surface area contributed by atoms with Crippen LogP contribution in [-0.4, -0.2) is 43.9 Å². The maximum atomic E-state index is 11.9. The molecule has 2 atom stereocenters. The molecule has 5 nitrogen and oxygen atoms in total. The van der Waals surface area contributed by atoms with E-state index in [2.05, 4.69) is 5.32 Å². The van der Waals surface area contributed by atoms with Crippen molar-refractivity contribution in [3.8, 4) is 0 Å². The number of carbonyl (C=O) groups excluding carboxylic acids is 1. The number of hydrogen-bond acceptors (Lipinski definition) is 4. The van der Waals surface area contributed by atoms with Gasteiger partial charge in [-0.1, -0.05) is 0 Å². The number of ether oxygens (including phenoxy) is 2. The maximum absolute atomic E-state index is 11.9. The summed E-state index contributed by atoms with van der Waals surface area (Å²) in [6, 6.07) is 0. The molecular weight excluding hydrogens is 208 g/mol. The first-order valence-electron chi connectivity index (χ1n) is 5.65. The van der Waals surface area contributed by atoms with Gasteiger partial charge in [0.2, 0.25) is 5.91 Å². The van der Waals surface area contributed by atoms with Crippen molar-refractivity contribution in [2.24, 2.45) is 5.73 Å². The fourth-order valence-electron chi connectivity index (χ4n) is 1.88. The number of rotatable bonds is 5. The van der Waals surface area contributed by atoms with Crippen molar-refractivity contribution in [3.63, 3.8) is 0 Å². The summed E-state index contributed by atoms with van der Waals surface area (Å²) in [4.78, 5) is 11.9. The highest BCUT2D eigenvalue weighted by Crippen LogP contribution is 2.19. The van der Waals surface area contributed by atoms with Crippen LogP contribution in [0.25, 0.3) is 0 Å². The first-order chi connectivity index (χ1) is 7.48. The third-order valence-corrected chi connectivity index (χ3v) is 2.63. The van der Waals surface area contributed by atoms with Crippen molar-refractivity contribution < 1.29 is 14.3 Å². The topological polar surface area (TPSA) is 73.6 Å². The second-order valence-corrected chi connectivity index (χ2v) is 4.87. The van der Waals surface area contributed by atoms with Crippen molar-refractivity contribution in [3.05, 3.63) is 0 Å². The summed E-state index contributed by atoms with van der Waals surface area (Å²) in [5.74, 6) is -0.0713. The molecule has 0 radical (unpaired) electrons. The minimum absolute atomic E-state index is 0.0290. The van der Waals surface area contributed by atoms with Crippen molar-refractivity contribution in [2.75, 3.05) is 20.3 Å². The molecule has 94 valence electrons. The number of methoxy groups -OCH3 is 1. The third kappa shape index (κ3) is 3.73. The summed E-state index contributed by atoms with van der Waals surface area (Å²) in [7, 11) is 1.62. The maximum Gasteiger partial charge on any atom is 0.249 e. The molecule has 1 aliphatic rings. The molecule has 1 fully saturated rings. The smallest absolute Gasteiger partial charge is 0.249 e. The van der Waals surface area contributed by atoms with Gasteiger partial charge in [0.25, 0.3) is 0 Å². The van der Waals surface area contributed by atoms with E-state index in [1.807, 2.05) is 13.8 Å². The molecule has 0 aliphatic carbocycles. The third-order valence-electron chi connectivity index (χ3n) is 2.63. The zero-order chi connectivity index (χ0) is 12.2. The lowest BCUT2D eigenvalue weighted by Gasteiger charge is -2.26. The van der Waals surface area contributed by atoms with Crippen LogP contribution in [0.15, 0.2) is 0 Å². The Kier molecular flexibility index (Phi) is 4.70. The van der Waals surface area contributed by atoms with E-state index >= 15 is 0 Å². The van der Waals surface area contributed by atoms with Crippen LogP contribution < -0.4 is 11.1 Å². The van der Waals surface area contributed by atoms with Crippen LogP contribution in [0.4, 0.5) is 0 Å². The molecule has 1 aliphatic heterocycles. The lowest BCUT2D eigenvalue weighted by molar-refractivity contribution is -0.134. The number of nitrogens with one attached hydrogen (secondary N) is 1. The second kappa shape index (κ2) is 5.61. The van der Waals surface area contributed by atoms with Crippen LogP contribution in [0.5, 0.6) is 0 Å². The molecule has 1 amide bonds. The Morgan fingerprint density at radius 2 is 2.25 bits per heavy atom. The van der Waals surface area contributed by atoms with Gasteiger partial charge < -0.3 is 20.5 Å². The van der Waals surface area contributed by atoms with Gasteiger partial charge in [0.1, 0.15) is 6.10 Å². The molecule has 0 unspecified atom stereocenters. The largest absolute Gasteiger partial charge is 0.382 e. The molecule has 16 heavy (non-hydrogen) atoms. The first-order valence-corrected chi connectivity index (χ1v) is 5.65. The summed E-state index contributed by atoms with van der Waals surface area (Å²) in [5, 5.41) is 2.91. The average molecular weight is 230 g/mol. The highest BCUT2D eigenvalue weighted by atomic mass is 16.5. The first kappa shape index (κ1) is 13.4. The monoisotopic (exact) mass is 230 g/mol. The lowest BCUT2D eigenvalue weighted by Crippen LogP contribution is -2.50. The van der Waals surface area contributed by atoms with Gasteiger partial charge in [-0.25, -0.2) is 0 Å². The van der Waals surface area contributed by atoms with Gasteiger partial charge >= 0.3 is 0 Å². The van der Waals surface area contributed by atoms with Crippen molar-refractivity contribution in [1.29, 1.82) is 0 Å². The van der Waals surface area contributed by atoms with E-state index in [0.717, 1.165) is 12.8 Å². The van der Waals surface area contributed by atoms with Gasteiger partial charge in [-0.05, 0) is 26.7 Å². The predicted molar refractivity (Wildman–Crippen MR) is 61.0 cm³/mol. The van der Waals surface area contributed by atoms with Crippen molar-refractivity contribution >= 4 is 5.91 Å². The molecule has 1 heterocycles. The Balaban J connectivity index is 2.41. The standard InChI is InChI=1S/C11H22N2O3/c1-11(2,7-15-3)13-10(14)9-5-4-8(6-12)16-9/h8-9H,4-7,12H2,1-3H3,(H,13,14)/t8-,9+/m1/s1. The molecule has 0 aromatic carbocycles. The number of hydrogen-bond donors (Lipinski definition) is 2. The molecule has 1 rings (SSSR count). The number of nitrogens with two attached hydrogens (primary N) is 1. The summed E-state index contributed by atoms with van der Waals surface area (Å²) >= 11 is 0. The highest BCUT2D eigenvalue weighted by Gasteiger charge is 2.32. The summed E-state index contributed by atoms with van der Waals surface area (Å²) in [6.07, 6.45) is 1.28. The fourth-order valence-corrected chi connectivity index (χ4v) is 1.88. The predicted octanol–water partition coefficient (Wildman–Crippen LogP) is 0.0339. The van der Waals surface area contributed by atoms with Crippen LogP contribution in [0.3, 0.4) is 0 Å². The van der Waals surface area contributed by atoms with Gasteiger partial charge in [-0.15, -0.1) is 0 Å². The van der Waals surface area contributed by atoms with Gasteiger partial charge in [0.05, 0.1) is 18.2 Å². The lowest BCUT2D eigenvalue weighted by atomic mass is 10.1. The number of carbonyl (C=O) groups is 1. The fraction of sp³-hybridized carbons (Fsp3) is 0.909. The van der Waals surface area contributed by atoms with E-state index < -0.39 is 0 Å². The Morgan fingerprint density at radius 1 is 1.56 bits per heavy atom. The minimum atomic E-state index is -0.365. The molecule has 1 saturated heterocycles. The van der Waals surface area contributed by atoms with Gasteiger partial charge in [0.15, 0.2) is 0 Å². The van der Waals surface area contributed by atoms with Crippen LogP contribution in [0.1, 0.15) is 26.7 Å². The van der Waals surface area contributed by atoms with Crippen molar-refractivity contribution in [1.82, 2.24) is 5.32 Å². The molecule has 0 aromatic heterocycles. The molecule has 0 saturated carbocycles. The van der Waals surface area contributed by atoms with E-state index in [9.17, 15) is 4.79 Å². The van der Waals surface area contributed by atoms with E-state index in [-0.39, 0.29) is 23.7 Å². The van der Waals surface area contributed by atoms with Crippen molar-refractivity contribution in [2.45, 2.75) is 44.4 Å². The van der Waals surface area contributed by atoms with Crippen LogP contribution in [-0.2, 0) is 14.3 Å².